The van der Waals surface area contributed by atoms with Crippen LogP contribution < -0.4 is 5.32 Å². The van der Waals surface area contributed by atoms with Gasteiger partial charge in [-0.2, -0.15) is 0 Å². The first-order chi connectivity index (χ1) is 9.72. The average molecular weight is 285 g/mol. The summed E-state index contributed by atoms with van der Waals surface area (Å²) in [6.07, 6.45) is 4.32. The topological polar surface area (TPSA) is 67.8 Å². The van der Waals surface area contributed by atoms with Crippen molar-refractivity contribution < 1.29 is 4.79 Å². The van der Waals surface area contributed by atoms with Crippen LogP contribution in [0.5, 0.6) is 0 Å². The maximum Gasteiger partial charge on any atom is 0.275 e. The summed E-state index contributed by atoms with van der Waals surface area (Å²) in [7, 11) is 0. The molecule has 0 aliphatic carbocycles. The van der Waals surface area contributed by atoms with E-state index in [4.69, 9.17) is 11.6 Å². The van der Waals surface area contributed by atoms with Crippen LogP contribution >= 0.6 is 11.6 Å². The minimum absolute atomic E-state index is 0.158. The molecule has 98 valence electrons. The summed E-state index contributed by atoms with van der Waals surface area (Å²) in [5.74, 6) is -0.378. The number of anilines is 1. The smallest absolute Gasteiger partial charge is 0.275 e. The van der Waals surface area contributed by atoms with Gasteiger partial charge in [-0.3, -0.25) is 14.8 Å². The predicted molar refractivity (Wildman–Crippen MR) is 76.7 cm³/mol. The van der Waals surface area contributed by atoms with Crippen LogP contribution in [0, 0.1) is 0 Å². The third kappa shape index (κ3) is 2.57. The maximum absolute atomic E-state index is 12.0. The van der Waals surface area contributed by atoms with E-state index < -0.39 is 0 Å². The van der Waals surface area contributed by atoms with E-state index in [2.05, 4.69) is 20.3 Å². The fourth-order valence-corrected chi connectivity index (χ4v) is 1.93. The summed E-state index contributed by atoms with van der Waals surface area (Å²) >= 11 is 5.70. The zero-order valence-electron chi connectivity index (χ0n) is 10.2. The lowest BCUT2D eigenvalue weighted by Gasteiger charge is -2.05. The number of fused-ring (bicyclic) bond motifs is 1. The first-order valence-corrected chi connectivity index (χ1v) is 6.24. The Balaban J connectivity index is 1.87. The van der Waals surface area contributed by atoms with Crippen molar-refractivity contribution >= 4 is 34.1 Å². The van der Waals surface area contributed by atoms with Gasteiger partial charge in [0.05, 0.1) is 29.8 Å². The van der Waals surface area contributed by atoms with E-state index in [0.717, 1.165) is 10.9 Å². The second kappa shape index (κ2) is 5.22. The highest BCUT2D eigenvalue weighted by Crippen LogP contribution is 2.16. The fourth-order valence-electron chi connectivity index (χ4n) is 1.79. The van der Waals surface area contributed by atoms with Gasteiger partial charge in [0.1, 0.15) is 10.8 Å². The monoisotopic (exact) mass is 284 g/mol. The van der Waals surface area contributed by atoms with Crippen LogP contribution in [0.1, 0.15) is 10.5 Å². The SMILES string of the molecule is O=C(Nc1cnc2ccccc2c1)c1cncc(Cl)n1. The molecule has 0 radical (unpaired) electrons. The van der Waals surface area contributed by atoms with Crippen molar-refractivity contribution in [3.63, 3.8) is 0 Å². The molecule has 0 spiro atoms. The highest BCUT2D eigenvalue weighted by Gasteiger charge is 2.09. The maximum atomic E-state index is 12.0. The normalized spacial score (nSPS) is 10.4. The molecule has 20 heavy (non-hydrogen) atoms. The summed E-state index contributed by atoms with van der Waals surface area (Å²) < 4.78 is 0. The van der Waals surface area contributed by atoms with E-state index in [1.807, 2.05) is 30.3 Å². The molecule has 0 saturated heterocycles. The van der Waals surface area contributed by atoms with Crippen molar-refractivity contribution in [2.24, 2.45) is 0 Å². The lowest BCUT2D eigenvalue weighted by molar-refractivity contribution is 0.102. The molecule has 5 nitrogen and oxygen atoms in total. The van der Waals surface area contributed by atoms with Gasteiger partial charge in [-0.15, -0.1) is 0 Å². The third-order valence-electron chi connectivity index (χ3n) is 2.69. The number of rotatable bonds is 2. The lowest BCUT2D eigenvalue weighted by Crippen LogP contribution is -2.14. The van der Waals surface area contributed by atoms with E-state index in [1.165, 1.54) is 12.4 Å². The van der Waals surface area contributed by atoms with Crippen molar-refractivity contribution in [3.8, 4) is 0 Å². The zero-order valence-corrected chi connectivity index (χ0v) is 11.0. The summed E-state index contributed by atoms with van der Waals surface area (Å²) in [6.45, 7) is 0. The predicted octanol–water partition coefficient (Wildman–Crippen LogP) is 2.93. The molecule has 3 rings (SSSR count). The quantitative estimate of drug-likeness (QED) is 0.785. The third-order valence-corrected chi connectivity index (χ3v) is 2.87. The van der Waals surface area contributed by atoms with Gasteiger partial charge < -0.3 is 5.32 Å². The number of carbonyl (C=O) groups excluding carboxylic acids is 1. The molecule has 2 heterocycles. The van der Waals surface area contributed by atoms with E-state index in [1.54, 1.807) is 6.20 Å². The molecule has 2 aromatic heterocycles. The number of halogens is 1. The summed E-state index contributed by atoms with van der Waals surface area (Å²) in [6, 6.07) is 9.51. The highest BCUT2D eigenvalue weighted by molar-refractivity contribution is 6.29. The molecule has 0 aliphatic heterocycles. The Kier molecular flexibility index (Phi) is 3.26. The van der Waals surface area contributed by atoms with Crippen molar-refractivity contribution in [2.45, 2.75) is 0 Å². The lowest BCUT2D eigenvalue weighted by atomic mass is 10.2. The molecule has 1 amide bonds. The van der Waals surface area contributed by atoms with Crippen LogP contribution in [0.3, 0.4) is 0 Å². The Bertz CT molecular complexity index is 791. The number of pyridine rings is 1. The Morgan fingerprint density at radius 2 is 2.00 bits per heavy atom. The Labute approximate surface area is 119 Å². The van der Waals surface area contributed by atoms with E-state index in [-0.39, 0.29) is 16.8 Å². The van der Waals surface area contributed by atoms with Gasteiger partial charge in [-0.05, 0) is 12.1 Å². The number of para-hydroxylation sites is 1. The number of carbonyl (C=O) groups is 1. The molecule has 1 N–H and O–H groups in total. The molecule has 0 atom stereocenters. The van der Waals surface area contributed by atoms with Crippen molar-refractivity contribution in [1.29, 1.82) is 0 Å². The second-order valence-electron chi connectivity index (χ2n) is 4.10. The molecule has 3 aromatic rings. The number of aromatic nitrogens is 3. The molecule has 0 unspecified atom stereocenters. The molecule has 0 fully saturated rings. The second-order valence-corrected chi connectivity index (χ2v) is 4.49. The van der Waals surface area contributed by atoms with Gasteiger partial charge in [0.15, 0.2) is 0 Å². The minimum atomic E-state index is -0.378. The molecule has 0 saturated carbocycles. The molecular formula is C14H9ClN4O. The summed E-state index contributed by atoms with van der Waals surface area (Å²) in [4.78, 5) is 24.0. The van der Waals surface area contributed by atoms with Crippen LogP contribution in [0.15, 0.2) is 48.9 Å². The Morgan fingerprint density at radius 3 is 2.85 bits per heavy atom. The highest BCUT2D eigenvalue weighted by atomic mass is 35.5. The van der Waals surface area contributed by atoms with Crippen molar-refractivity contribution in [2.75, 3.05) is 5.32 Å². The van der Waals surface area contributed by atoms with Gasteiger partial charge in [0.2, 0.25) is 0 Å². The average Bonchev–Trinajstić information content (AvgIpc) is 2.47. The molecule has 6 heteroatoms. The Morgan fingerprint density at radius 1 is 1.15 bits per heavy atom. The van der Waals surface area contributed by atoms with Crippen LogP contribution in [0.4, 0.5) is 5.69 Å². The number of hydrogen-bond donors (Lipinski definition) is 1. The van der Waals surface area contributed by atoms with E-state index >= 15 is 0 Å². The van der Waals surface area contributed by atoms with Gasteiger partial charge in [0, 0.05) is 5.39 Å². The fraction of sp³-hybridized carbons (Fsp3) is 0. The number of benzene rings is 1. The van der Waals surface area contributed by atoms with Crippen LogP contribution in [0.2, 0.25) is 5.15 Å². The zero-order chi connectivity index (χ0) is 13.9. The van der Waals surface area contributed by atoms with E-state index in [9.17, 15) is 4.79 Å². The van der Waals surface area contributed by atoms with Crippen LogP contribution in [0.25, 0.3) is 10.9 Å². The first-order valence-electron chi connectivity index (χ1n) is 5.86. The largest absolute Gasteiger partial charge is 0.319 e. The standard InChI is InChI=1S/C14H9ClN4O/c15-13-8-16-7-12(19-13)14(20)18-10-5-9-3-1-2-4-11(9)17-6-10/h1-8H,(H,18,20). The summed E-state index contributed by atoms with van der Waals surface area (Å²) in [5.41, 5.74) is 1.62. The molecule has 1 aromatic carbocycles. The molecular weight excluding hydrogens is 276 g/mol. The summed E-state index contributed by atoms with van der Waals surface area (Å²) in [5, 5.41) is 3.84. The first kappa shape index (κ1) is 12.5. The van der Waals surface area contributed by atoms with Crippen molar-refractivity contribution in [1.82, 2.24) is 15.0 Å². The molecule has 0 bridgehead atoms. The molecule has 0 aliphatic rings. The number of amides is 1. The van der Waals surface area contributed by atoms with Crippen molar-refractivity contribution in [3.05, 3.63) is 59.8 Å². The van der Waals surface area contributed by atoms with Gasteiger partial charge in [-0.1, -0.05) is 29.8 Å². The number of nitrogens with one attached hydrogen (secondary N) is 1. The van der Waals surface area contributed by atoms with Crippen LogP contribution in [-0.4, -0.2) is 20.9 Å². The van der Waals surface area contributed by atoms with Gasteiger partial charge in [-0.25, -0.2) is 4.98 Å². The van der Waals surface area contributed by atoms with E-state index in [0.29, 0.717) is 5.69 Å². The Hall–Kier alpha value is -2.53. The van der Waals surface area contributed by atoms with Crippen LogP contribution in [-0.2, 0) is 0 Å². The van der Waals surface area contributed by atoms with Gasteiger partial charge >= 0.3 is 0 Å². The number of hydrogen-bond acceptors (Lipinski definition) is 4. The minimum Gasteiger partial charge on any atom is -0.319 e. The van der Waals surface area contributed by atoms with Gasteiger partial charge in [0.25, 0.3) is 5.91 Å². The number of nitrogens with zero attached hydrogens (tertiary/aromatic N) is 3.